The smallest absolute Gasteiger partial charge is 0.294 e. The van der Waals surface area contributed by atoms with Crippen molar-refractivity contribution in [3.63, 3.8) is 0 Å². The molecule has 0 bridgehead atoms. The molecule has 0 aliphatic carbocycles. The van der Waals surface area contributed by atoms with Crippen molar-refractivity contribution in [1.29, 1.82) is 0 Å². The van der Waals surface area contributed by atoms with Crippen LogP contribution in [0.15, 0.2) is 23.1 Å². The fourth-order valence-corrected chi connectivity index (χ4v) is 2.36. The highest BCUT2D eigenvalue weighted by Gasteiger charge is 2.20. The van der Waals surface area contributed by atoms with Crippen LogP contribution in [-0.4, -0.2) is 13.0 Å². The molecule has 3 N–H and O–H groups in total. The molecule has 0 fully saturated rings. The van der Waals surface area contributed by atoms with Gasteiger partial charge < -0.3 is 5.73 Å². The molecule has 0 aromatic heterocycles. The van der Waals surface area contributed by atoms with Gasteiger partial charge in [-0.05, 0) is 30.0 Å². The van der Waals surface area contributed by atoms with Gasteiger partial charge >= 0.3 is 0 Å². The quantitative estimate of drug-likeness (QED) is 0.614. The Balaban J connectivity index is 3.47. The van der Waals surface area contributed by atoms with Gasteiger partial charge in [0.2, 0.25) is 0 Å². The summed E-state index contributed by atoms with van der Waals surface area (Å²) in [5.74, 6) is 0.00289. The van der Waals surface area contributed by atoms with E-state index >= 15 is 0 Å². The number of nitrogen functional groups attached to an aromatic ring is 1. The van der Waals surface area contributed by atoms with E-state index in [1.165, 1.54) is 12.1 Å². The molecule has 1 unspecified atom stereocenters. The first-order chi connectivity index (χ1) is 6.88. The lowest BCUT2D eigenvalue weighted by molar-refractivity contribution is 0.481. The van der Waals surface area contributed by atoms with Crippen LogP contribution in [-0.2, 0) is 10.1 Å². The Morgan fingerprint density at radius 1 is 1.47 bits per heavy atom. The van der Waals surface area contributed by atoms with Crippen LogP contribution in [0, 0.1) is 0 Å². The molecule has 0 saturated heterocycles. The summed E-state index contributed by atoms with van der Waals surface area (Å²) in [5.41, 5.74) is 6.62. The summed E-state index contributed by atoms with van der Waals surface area (Å²) in [6.45, 7) is 3.81. The minimum Gasteiger partial charge on any atom is -0.398 e. The normalized spacial score (nSPS) is 13.8. The van der Waals surface area contributed by atoms with Crippen molar-refractivity contribution < 1.29 is 13.0 Å². The number of hydrogen-bond acceptors (Lipinski definition) is 3. The lowest BCUT2D eigenvalue weighted by atomic mass is 9.97. The van der Waals surface area contributed by atoms with Crippen LogP contribution < -0.4 is 5.73 Å². The Hall–Kier alpha value is -1.07. The highest BCUT2D eigenvalue weighted by molar-refractivity contribution is 7.85. The van der Waals surface area contributed by atoms with Crippen molar-refractivity contribution in [3.05, 3.63) is 23.8 Å². The third-order valence-electron chi connectivity index (χ3n) is 2.48. The molecule has 0 amide bonds. The lowest BCUT2D eigenvalue weighted by Crippen LogP contribution is -2.08. The maximum absolute atomic E-state index is 11.1. The number of hydrogen-bond donors (Lipinski definition) is 2. The first-order valence-corrected chi connectivity index (χ1v) is 6.17. The molecule has 4 nitrogen and oxygen atoms in total. The number of rotatable bonds is 3. The largest absolute Gasteiger partial charge is 0.398 e. The molecule has 0 heterocycles. The summed E-state index contributed by atoms with van der Waals surface area (Å²) >= 11 is 0. The third kappa shape index (κ3) is 2.49. The van der Waals surface area contributed by atoms with Crippen LogP contribution in [0.25, 0.3) is 0 Å². The van der Waals surface area contributed by atoms with E-state index < -0.39 is 10.1 Å². The second kappa shape index (κ2) is 4.20. The molecule has 1 atom stereocenters. The molecule has 0 radical (unpaired) electrons. The maximum Gasteiger partial charge on any atom is 0.294 e. The molecular formula is C10H15NO3S. The van der Waals surface area contributed by atoms with E-state index in [0.717, 1.165) is 6.42 Å². The van der Waals surface area contributed by atoms with E-state index in [4.69, 9.17) is 10.3 Å². The van der Waals surface area contributed by atoms with E-state index in [0.29, 0.717) is 11.3 Å². The molecule has 1 aromatic carbocycles. The van der Waals surface area contributed by atoms with Gasteiger partial charge in [0.1, 0.15) is 0 Å². The minimum absolute atomic E-state index is 0.00289. The molecule has 0 saturated carbocycles. The predicted molar refractivity (Wildman–Crippen MR) is 59.4 cm³/mol. The van der Waals surface area contributed by atoms with Crippen LogP contribution in [0.4, 0.5) is 5.69 Å². The van der Waals surface area contributed by atoms with Gasteiger partial charge in [0.05, 0.1) is 4.90 Å². The molecule has 0 aliphatic rings. The topological polar surface area (TPSA) is 80.4 Å². The Labute approximate surface area is 89.9 Å². The number of benzene rings is 1. The molecule has 0 spiro atoms. The van der Waals surface area contributed by atoms with Crippen molar-refractivity contribution in [2.24, 2.45) is 0 Å². The SMILES string of the molecule is CCC(C)c1c(N)cccc1S(=O)(=O)O. The van der Waals surface area contributed by atoms with E-state index in [-0.39, 0.29) is 10.8 Å². The summed E-state index contributed by atoms with van der Waals surface area (Å²) in [6, 6.07) is 4.52. The molecule has 1 aromatic rings. The van der Waals surface area contributed by atoms with Gasteiger partial charge in [-0.3, -0.25) is 4.55 Å². The van der Waals surface area contributed by atoms with E-state index in [1.54, 1.807) is 6.07 Å². The first-order valence-electron chi connectivity index (χ1n) is 4.73. The van der Waals surface area contributed by atoms with E-state index in [1.807, 2.05) is 13.8 Å². The van der Waals surface area contributed by atoms with Crippen molar-refractivity contribution in [2.75, 3.05) is 5.73 Å². The van der Waals surface area contributed by atoms with Gasteiger partial charge in [-0.25, -0.2) is 0 Å². The van der Waals surface area contributed by atoms with Crippen LogP contribution in [0.1, 0.15) is 31.7 Å². The Morgan fingerprint density at radius 2 is 2.07 bits per heavy atom. The average molecular weight is 229 g/mol. The maximum atomic E-state index is 11.1. The first kappa shape index (κ1) is 12.0. The zero-order chi connectivity index (χ0) is 11.6. The molecule has 84 valence electrons. The molecule has 0 aliphatic heterocycles. The van der Waals surface area contributed by atoms with Gasteiger partial charge in [-0.15, -0.1) is 0 Å². The van der Waals surface area contributed by atoms with Gasteiger partial charge in [0.15, 0.2) is 0 Å². The van der Waals surface area contributed by atoms with Crippen LogP contribution in [0.2, 0.25) is 0 Å². The monoisotopic (exact) mass is 229 g/mol. The van der Waals surface area contributed by atoms with Crippen LogP contribution in [0.3, 0.4) is 0 Å². The summed E-state index contributed by atoms with van der Waals surface area (Å²) in [4.78, 5) is -0.0862. The van der Waals surface area contributed by atoms with E-state index in [9.17, 15) is 8.42 Å². The van der Waals surface area contributed by atoms with Crippen molar-refractivity contribution in [3.8, 4) is 0 Å². The number of nitrogens with two attached hydrogens (primary N) is 1. The van der Waals surface area contributed by atoms with Gasteiger partial charge in [-0.1, -0.05) is 19.9 Å². The van der Waals surface area contributed by atoms with Gasteiger partial charge in [-0.2, -0.15) is 8.42 Å². The lowest BCUT2D eigenvalue weighted by Gasteiger charge is -2.15. The standard InChI is InChI=1S/C10H15NO3S/c1-3-7(2)10-8(11)5-4-6-9(10)15(12,13)14/h4-7H,3,11H2,1-2H3,(H,12,13,14). The predicted octanol–water partition coefficient (Wildman–Crippen LogP) is 2.03. The Bertz CT molecular complexity index is 454. The Kier molecular flexibility index (Phi) is 3.36. The second-order valence-corrected chi connectivity index (χ2v) is 4.93. The summed E-state index contributed by atoms with van der Waals surface area (Å²) in [5, 5.41) is 0. The van der Waals surface area contributed by atoms with Crippen molar-refractivity contribution >= 4 is 15.8 Å². The summed E-state index contributed by atoms with van der Waals surface area (Å²) in [7, 11) is -4.19. The van der Waals surface area contributed by atoms with E-state index in [2.05, 4.69) is 0 Å². The fraction of sp³-hybridized carbons (Fsp3) is 0.400. The van der Waals surface area contributed by atoms with Crippen molar-refractivity contribution in [2.45, 2.75) is 31.1 Å². The zero-order valence-corrected chi connectivity index (χ0v) is 9.58. The number of anilines is 1. The third-order valence-corrected chi connectivity index (χ3v) is 3.39. The summed E-state index contributed by atoms with van der Waals surface area (Å²) in [6.07, 6.45) is 0.761. The fourth-order valence-electron chi connectivity index (χ4n) is 1.52. The second-order valence-electron chi connectivity index (χ2n) is 3.54. The summed E-state index contributed by atoms with van der Waals surface area (Å²) < 4.78 is 31.3. The van der Waals surface area contributed by atoms with Crippen LogP contribution in [0.5, 0.6) is 0 Å². The molecule has 1 rings (SSSR count). The van der Waals surface area contributed by atoms with Crippen LogP contribution >= 0.6 is 0 Å². The van der Waals surface area contributed by atoms with Gasteiger partial charge in [0, 0.05) is 5.69 Å². The highest BCUT2D eigenvalue weighted by Crippen LogP contribution is 2.30. The molecule has 5 heteroatoms. The average Bonchev–Trinajstić information content (AvgIpc) is 2.15. The molecular weight excluding hydrogens is 214 g/mol. The Morgan fingerprint density at radius 3 is 2.53 bits per heavy atom. The minimum atomic E-state index is -4.19. The van der Waals surface area contributed by atoms with Gasteiger partial charge in [0.25, 0.3) is 10.1 Å². The molecule has 15 heavy (non-hydrogen) atoms. The van der Waals surface area contributed by atoms with Crippen molar-refractivity contribution in [1.82, 2.24) is 0 Å². The zero-order valence-electron chi connectivity index (χ0n) is 8.77. The highest BCUT2D eigenvalue weighted by atomic mass is 32.2.